The number of carbonyl (C=O) groups excluding carboxylic acids is 1. The lowest BCUT2D eigenvalue weighted by atomic mass is 9.98. The van der Waals surface area contributed by atoms with E-state index in [1.165, 1.54) is 0 Å². The number of carbonyl (C=O) groups is 1. The molecule has 0 aromatic heterocycles. The number of para-hydroxylation sites is 1. The number of β-amino-alcohol motifs (C(OH)–C–C–N with tert-alkyl or cyclic N) is 1. The molecule has 2 N–H and O–H groups in total. The van der Waals surface area contributed by atoms with Crippen LogP contribution in [0.3, 0.4) is 0 Å². The molecule has 2 aliphatic rings. The maximum Gasteiger partial charge on any atom is 0.240 e. The lowest BCUT2D eigenvalue weighted by molar-refractivity contribution is -0.135. The second-order valence-corrected chi connectivity index (χ2v) is 8.95. The van der Waals surface area contributed by atoms with Gasteiger partial charge in [0.15, 0.2) is 0 Å². The van der Waals surface area contributed by atoms with E-state index in [9.17, 15) is 9.90 Å². The highest BCUT2D eigenvalue weighted by Crippen LogP contribution is 2.25. The van der Waals surface area contributed by atoms with Crippen molar-refractivity contribution in [2.75, 3.05) is 50.8 Å². The van der Waals surface area contributed by atoms with Gasteiger partial charge in [-0.15, -0.1) is 0 Å². The molecule has 1 unspecified atom stereocenters. The highest BCUT2D eigenvalue weighted by molar-refractivity contribution is 7.99. The molecule has 0 spiro atoms. The first kappa shape index (κ1) is 20.5. The summed E-state index contributed by atoms with van der Waals surface area (Å²) in [5.41, 5.74) is 0.499. The SMILES string of the molecule is CC1(C)C(=O)NCCN1Cc1ccccc1OCC(O)CN1CCSCC1. The molecule has 1 aromatic rings. The highest BCUT2D eigenvalue weighted by atomic mass is 32.2. The summed E-state index contributed by atoms with van der Waals surface area (Å²) in [5, 5.41) is 13.3. The predicted molar refractivity (Wildman–Crippen MR) is 109 cm³/mol. The van der Waals surface area contributed by atoms with E-state index in [1.807, 2.05) is 49.9 Å². The van der Waals surface area contributed by atoms with Crippen LogP contribution in [-0.4, -0.2) is 83.3 Å². The highest BCUT2D eigenvalue weighted by Gasteiger charge is 2.37. The maximum atomic E-state index is 12.2. The van der Waals surface area contributed by atoms with Crippen molar-refractivity contribution in [3.05, 3.63) is 29.8 Å². The van der Waals surface area contributed by atoms with Crippen LogP contribution in [0.25, 0.3) is 0 Å². The van der Waals surface area contributed by atoms with Crippen LogP contribution in [0.1, 0.15) is 19.4 Å². The molecule has 1 amide bonds. The Morgan fingerprint density at radius 2 is 2.00 bits per heavy atom. The fourth-order valence-corrected chi connectivity index (χ4v) is 4.50. The number of nitrogens with zero attached hydrogens (tertiary/aromatic N) is 2. The summed E-state index contributed by atoms with van der Waals surface area (Å²) in [5.74, 6) is 3.11. The van der Waals surface area contributed by atoms with Gasteiger partial charge in [0.25, 0.3) is 0 Å². The van der Waals surface area contributed by atoms with Crippen LogP contribution in [0.5, 0.6) is 5.75 Å². The first-order valence-corrected chi connectivity index (χ1v) is 10.8. The van der Waals surface area contributed by atoms with E-state index in [2.05, 4.69) is 15.1 Å². The van der Waals surface area contributed by atoms with E-state index < -0.39 is 11.6 Å². The van der Waals surface area contributed by atoms with E-state index in [4.69, 9.17) is 4.74 Å². The van der Waals surface area contributed by atoms with Crippen LogP contribution < -0.4 is 10.1 Å². The van der Waals surface area contributed by atoms with Gasteiger partial charge >= 0.3 is 0 Å². The van der Waals surface area contributed by atoms with Gasteiger partial charge < -0.3 is 15.2 Å². The van der Waals surface area contributed by atoms with Gasteiger partial charge in [-0.25, -0.2) is 0 Å². The van der Waals surface area contributed by atoms with Gasteiger partial charge in [0, 0.05) is 56.3 Å². The monoisotopic (exact) mass is 393 g/mol. The molecule has 0 bridgehead atoms. The molecule has 0 saturated carbocycles. The van der Waals surface area contributed by atoms with Crippen molar-refractivity contribution in [1.29, 1.82) is 0 Å². The summed E-state index contributed by atoms with van der Waals surface area (Å²) in [6.07, 6.45) is -0.502. The summed E-state index contributed by atoms with van der Waals surface area (Å²) in [6, 6.07) is 7.91. The Balaban J connectivity index is 1.58. The van der Waals surface area contributed by atoms with Crippen molar-refractivity contribution in [3.8, 4) is 5.75 Å². The summed E-state index contributed by atoms with van der Waals surface area (Å²) in [4.78, 5) is 16.7. The number of aliphatic hydroxyl groups is 1. The third kappa shape index (κ3) is 5.38. The molecule has 1 atom stereocenters. The van der Waals surface area contributed by atoms with Gasteiger partial charge in [-0.05, 0) is 19.9 Å². The average molecular weight is 394 g/mol. The molecule has 2 saturated heterocycles. The maximum absolute atomic E-state index is 12.2. The molecule has 0 aliphatic carbocycles. The Morgan fingerprint density at radius 1 is 1.26 bits per heavy atom. The second kappa shape index (κ2) is 9.28. The van der Waals surface area contributed by atoms with Gasteiger partial charge in [0.1, 0.15) is 18.5 Å². The van der Waals surface area contributed by atoms with Crippen LogP contribution in [-0.2, 0) is 11.3 Å². The van der Waals surface area contributed by atoms with E-state index in [0.29, 0.717) is 19.6 Å². The Bertz CT molecular complexity index is 635. The van der Waals surface area contributed by atoms with Crippen molar-refractivity contribution < 1.29 is 14.6 Å². The summed E-state index contributed by atoms with van der Waals surface area (Å²) >= 11 is 1.97. The molecular weight excluding hydrogens is 362 g/mol. The van der Waals surface area contributed by atoms with Crippen LogP contribution in [0.4, 0.5) is 0 Å². The van der Waals surface area contributed by atoms with E-state index >= 15 is 0 Å². The number of aliphatic hydroxyl groups excluding tert-OH is 1. The molecule has 2 heterocycles. The van der Waals surface area contributed by atoms with Gasteiger partial charge in [-0.2, -0.15) is 11.8 Å². The fraction of sp³-hybridized carbons (Fsp3) is 0.650. The number of thioether (sulfide) groups is 1. The molecule has 2 fully saturated rings. The van der Waals surface area contributed by atoms with E-state index in [-0.39, 0.29) is 12.5 Å². The van der Waals surface area contributed by atoms with Crippen LogP contribution >= 0.6 is 11.8 Å². The van der Waals surface area contributed by atoms with Crippen LogP contribution in [0.2, 0.25) is 0 Å². The third-order valence-electron chi connectivity index (χ3n) is 5.35. The fourth-order valence-electron chi connectivity index (χ4n) is 3.52. The normalized spacial score (nSPS) is 22.3. The first-order chi connectivity index (χ1) is 13.0. The van der Waals surface area contributed by atoms with Crippen molar-refractivity contribution in [1.82, 2.24) is 15.1 Å². The van der Waals surface area contributed by atoms with Gasteiger partial charge in [0.2, 0.25) is 5.91 Å². The Hall–Kier alpha value is -1.28. The predicted octanol–water partition coefficient (Wildman–Crippen LogP) is 1.19. The number of hydrogen-bond acceptors (Lipinski definition) is 6. The van der Waals surface area contributed by atoms with Crippen molar-refractivity contribution in [3.63, 3.8) is 0 Å². The molecule has 2 aliphatic heterocycles. The zero-order chi connectivity index (χ0) is 19.3. The number of benzene rings is 1. The average Bonchev–Trinajstić information content (AvgIpc) is 2.66. The minimum Gasteiger partial charge on any atom is -0.491 e. The lowest BCUT2D eigenvalue weighted by Crippen LogP contribution is -2.61. The minimum absolute atomic E-state index is 0.0577. The van der Waals surface area contributed by atoms with Gasteiger partial charge in [-0.3, -0.25) is 14.6 Å². The van der Waals surface area contributed by atoms with Gasteiger partial charge in [0.05, 0.1) is 5.54 Å². The smallest absolute Gasteiger partial charge is 0.240 e. The van der Waals surface area contributed by atoms with E-state index in [0.717, 1.165) is 42.5 Å². The minimum atomic E-state index is -0.544. The summed E-state index contributed by atoms with van der Waals surface area (Å²) in [7, 11) is 0. The zero-order valence-corrected chi connectivity index (χ0v) is 17.1. The quantitative estimate of drug-likeness (QED) is 0.725. The molecular formula is C20H31N3O3S. The Morgan fingerprint density at radius 3 is 2.78 bits per heavy atom. The Kier molecular flexibility index (Phi) is 7.03. The number of hydrogen-bond donors (Lipinski definition) is 2. The number of nitrogens with one attached hydrogen (secondary N) is 1. The van der Waals surface area contributed by atoms with E-state index in [1.54, 1.807) is 0 Å². The third-order valence-corrected chi connectivity index (χ3v) is 6.29. The topological polar surface area (TPSA) is 65.0 Å². The molecule has 1 aromatic carbocycles. The van der Waals surface area contributed by atoms with Crippen molar-refractivity contribution >= 4 is 17.7 Å². The molecule has 0 radical (unpaired) electrons. The number of ether oxygens (including phenoxy) is 1. The largest absolute Gasteiger partial charge is 0.491 e. The first-order valence-electron chi connectivity index (χ1n) is 9.69. The molecule has 150 valence electrons. The van der Waals surface area contributed by atoms with Crippen molar-refractivity contribution in [2.24, 2.45) is 0 Å². The zero-order valence-electron chi connectivity index (χ0n) is 16.3. The molecule has 3 rings (SSSR count). The molecule has 6 nitrogen and oxygen atoms in total. The van der Waals surface area contributed by atoms with Crippen LogP contribution in [0, 0.1) is 0 Å². The summed E-state index contributed by atoms with van der Waals surface area (Å²) < 4.78 is 5.97. The molecule has 27 heavy (non-hydrogen) atoms. The van der Waals surface area contributed by atoms with Crippen molar-refractivity contribution in [2.45, 2.75) is 32.0 Å². The van der Waals surface area contributed by atoms with Gasteiger partial charge in [-0.1, -0.05) is 18.2 Å². The second-order valence-electron chi connectivity index (χ2n) is 7.72. The number of amides is 1. The van der Waals surface area contributed by atoms with Crippen LogP contribution in [0.15, 0.2) is 24.3 Å². The number of piperazine rings is 1. The molecule has 7 heteroatoms. The standard InChI is InChI=1S/C20H31N3O3S/c1-20(2)19(25)21-7-8-23(20)13-16-5-3-4-6-18(16)26-15-17(24)14-22-9-11-27-12-10-22/h3-6,17,24H,7-15H2,1-2H3,(H,21,25). The summed E-state index contributed by atoms with van der Waals surface area (Å²) in [6.45, 7) is 9.02. The lowest BCUT2D eigenvalue weighted by Gasteiger charge is -2.41. The Labute approximate surface area is 166 Å². The number of rotatable bonds is 7.